The van der Waals surface area contributed by atoms with Crippen molar-refractivity contribution in [2.24, 2.45) is 0 Å². The van der Waals surface area contributed by atoms with E-state index >= 15 is 0 Å². The molecule has 0 aromatic heterocycles. The highest BCUT2D eigenvalue weighted by atomic mass is 19.4. The van der Waals surface area contributed by atoms with Crippen molar-refractivity contribution in [3.8, 4) is 5.75 Å². The normalized spacial score (nSPS) is 11.7. The van der Waals surface area contributed by atoms with Gasteiger partial charge in [0, 0.05) is 5.39 Å². The molecule has 0 bridgehead atoms. The van der Waals surface area contributed by atoms with E-state index in [-0.39, 0.29) is 16.5 Å². The third-order valence-corrected chi connectivity index (χ3v) is 2.47. The molecule has 0 radical (unpaired) electrons. The summed E-state index contributed by atoms with van der Waals surface area (Å²) in [6.07, 6.45) is -4.77. The summed E-state index contributed by atoms with van der Waals surface area (Å²) < 4.78 is 55.7. The third kappa shape index (κ3) is 2.79. The summed E-state index contributed by atoms with van der Waals surface area (Å²) >= 11 is 0. The van der Waals surface area contributed by atoms with E-state index in [1.165, 1.54) is 6.07 Å². The molecule has 3 nitrogen and oxygen atoms in total. The Labute approximate surface area is 105 Å². The Morgan fingerprint density at radius 1 is 1.05 bits per heavy atom. The minimum atomic E-state index is -4.77. The first-order chi connectivity index (χ1) is 8.79. The van der Waals surface area contributed by atoms with Gasteiger partial charge >= 0.3 is 13.5 Å². The summed E-state index contributed by atoms with van der Waals surface area (Å²) in [6.45, 7) is 0. The Morgan fingerprint density at radius 2 is 1.74 bits per heavy atom. The number of benzene rings is 2. The third-order valence-electron chi connectivity index (χ3n) is 2.47. The standard InChI is InChI=1S/C11H7BF4O3/c13-10-8-3-2-7(19-12(17)18)5-6(8)1-4-9(10)11(14,15)16/h1-5,17-18H. The van der Waals surface area contributed by atoms with Crippen LogP contribution in [0.1, 0.15) is 5.56 Å². The predicted molar refractivity (Wildman–Crippen MR) is 59.7 cm³/mol. The van der Waals surface area contributed by atoms with E-state index in [0.717, 1.165) is 18.2 Å². The molecule has 0 aliphatic rings. The first-order valence-electron chi connectivity index (χ1n) is 5.11. The Bertz CT molecular complexity index is 613. The van der Waals surface area contributed by atoms with Gasteiger partial charge in [0.2, 0.25) is 0 Å². The van der Waals surface area contributed by atoms with E-state index in [2.05, 4.69) is 4.65 Å². The second kappa shape index (κ2) is 4.71. The lowest BCUT2D eigenvalue weighted by Gasteiger charge is -2.11. The number of fused-ring (bicyclic) bond motifs is 1. The largest absolute Gasteiger partial charge is 0.707 e. The molecule has 8 heteroatoms. The van der Waals surface area contributed by atoms with Crippen LogP contribution in [0.5, 0.6) is 5.75 Å². The van der Waals surface area contributed by atoms with Gasteiger partial charge in [0.05, 0.1) is 5.56 Å². The second-order valence-electron chi connectivity index (χ2n) is 3.75. The van der Waals surface area contributed by atoms with Crippen molar-refractivity contribution in [2.45, 2.75) is 6.18 Å². The molecule has 0 amide bonds. The maximum atomic E-state index is 13.7. The fraction of sp³-hybridized carbons (Fsp3) is 0.0909. The SMILES string of the molecule is OB(O)Oc1ccc2c(F)c(C(F)(F)F)ccc2c1. The maximum absolute atomic E-state index is 13.7. The smallest absolute Gasteiger partial charge is 0.512 e. The minimum Gasteiger partial charge on any atom is -0.512 e. The molecule has 19 heavy (non-hydrogen) atoms. The highest BCUT2D eigenvalue weighted by molar-refractivity contribution is 6.33. The molecular weight excluding hydrogens is 267 g/mol. The van der Waals surface area contributed by atoms with Gasteiger partial charge in [0.25, 0.3) is 0 Å². The van der Waals surface area contributed by atoms with Crippen LogP contribution >= 0.6 is 0 Å². The summed E-state index contributed by atoms with van der Waals surface area (Å²) in [5.74, 6) is -1.37. The molecule has 0 aliphatic carbocycles. The first-order valence-corrected chi connectivity index (χ1v) is 5.11. The zero-order valence-electron chi connectivity index (χ0n) is 9.28. The molecule has 100 valence electrons. The van der Waals surface area contributed by atoms with Crippen molar-refractivity contribution in [1.29, 1.82) is 0 Å². The topological polar surface area (TPSA) is 49.7 Å². The average molecular weight is 274 g/mol. The van der Waals surface area contributed by atoms with Crippen LogP contribution in [-0.2, 0) is 6.18 Å². The van der Waals surface area contributed by atoms with E-state index in [4.69, 9.17) is 10.0 Å². The van der Waals surface area contributed by atoms with Gasteiger partial charge in [-0.15, -0.1) is 0 Å². The number of hydrogen-bond donors (Lipinski definition) is 2. The van der Waals surface area contributed by atoms with Gasteiger partial charge in [-0.3, -0.25) is 0 Å². The highest BCUT2D eigenvalue weighted by Crippen LogP contribution is 2.35. The Morgan fingerprint density at radius 3 is 2.32 bits per heavy atom. The van der Waals surface area contributed by atoms with Crippen LogP contribution in [0.2, 0.25) is 0 Å². The van der Waals surface area contributed by atoms with Crippen LogP contribution in [0.3, 0.4) is 0 Å². The number of hydrogen-bond acceptors (Lipinski definition) is 3. The van der Waals surface area contributed by atoms with Crippen LogP contribution in [0.25, 0.3) is 10.8 Å². The first kappa shape index (κ1) is 13.6. The fourth-order valence-corrected chi connectivity index (χ4v) is 1.68. The molecule has 0 aliphatic heterocycles. The molecule has 0 saturated heterocycles. The van der Waals surface area contributed by atoms with Crippen molar-refractivity contribution < 1.29 is 32.3 Å². The molecule has 0 spiro atoms. The summed E-state index contributed by atoms with van der Waals surface area (Å²) in [5, 5.41) is 17.1. The number of rotatable bonds is 2. The van der Waals surface area contributed by atoms with Crippen LogP contribution in [0.4, 0.5) is 17.6 Å². The molecule has 2 rings (SSSR count). The predicted octanol–water partition coefficient (Wildman–Crippen LogP) is 2.35. The molecule has 0 fully saturated rings. The maximum Gasteiger partial charge on any atom is 0.707 e. The van der Waals surface area contributed by atoms with E-state index in [0.29, 0.717) is 6.07 Å². The van der Waals surface area contributed by atoms with Gasteiger partial charge in [-0.1, -0.05) is 6.07 Å². The van der Waals surface area contributed by atoms with Gasteiger partial charge in [0.15, 0.2) is 0 Å². The van der Waals surface area contributed by atoms with Crippen molar-refractivity contribution in [3.05, 3.63) is 41.7 Å². The van der Waals surface area contributed by atoms with Crippen LogP contribution in [-0.4, -0.2) is 17.4 Å². The summed E-state index contributed by atoms with van der Waals surface area (Å²) in [7, 11) is -2.06. The van der Waals surface area contributed by atoms with Crippen molar-refractivity contribution >= 4 is 18.1 Å². The second-order valence-corrected chi connectivity index (χ2v) is 3.75. The van der Waals surface area contributed by atoms with E-state index in [1.54, 1.807) is 0 Å². The quantitative estimate of drug-likeness (QED) is 0.652. The molecule has 0 heterocycles. The van der Waals surface area contributed by atoms with Crippen LogP contribution < -0.4 is 4.65 Å². The zero-order valence-corrected chi connectivity index (χ0v) is 9.28. The molecule has 2 aromatic rings. The Hall–Kier alpha value is -1.80. The van der Waals surface area contributed by atoms with Crippen LogP contribution in [0.15, 0.2) is 30.3 Å². The molecule has 2 N–H and O–H groups in total. The minimum absolute atomic E-state index is 0.00154. The summed E-state index contributed by atoms with van der Waals surface area (Å²) in [5.41, 5.74) is -1.35. The van der Waals surface area contributed by atoms with Crippen LogP contribution in [0, 0.1) is 5.82 Å². The van der Waals surface area contributed by atoms with E-state index in [1.807, 2.05) is 0 Å². The van der Waals surface area contributed by atoms with Gasteiger partial charge in [-0.2, -0.15) is 13.2 Å². The number of alkyl halides is 3. The molecule has 0 unspecified atom stereocenters. The molecule has 2 aromatic carbocycles. The lowest BCUT2D eigenvalue weighted by Crippen LogP contribution is -2.20. The van der Waals surface area contributed by atoms with E-state index < -0.39 is 24.9 Å². The number of halogens is 4. The Kier molecular flexibility index (Phi) is 3.38. The summed E-state index contributed by atoms with van der Waals surface area (Å²) in [4.78, 5) is 0. The lowest BCUT2D eigenvalue weighted by molar-refractivity contribution is -0.139. The Balaban J connectivity index is 2.54. The van der Waals surface area contributed by atoms with Gasteiger partial charge in [-0.05, 0) is 29.7 Å². The van der Waals surface area contributed by atoms with Gasteiger partial charge in [-0.25, -0.2) is 4.39 Å². The zero-order chi connectivity index (χ0) is 14.2. The highest BCUT2D eigenvalue weighted by Gasteiger charge is 2.34. The van der Waals surface area contributed by atoms with Crippen molar-refractivity contribution in [3.63, 3.8) is 0 Å². The fourth-order valence-electron chi connectivity index (χ4n) is 1.68. The molecule has 0 saturated carbocycles. The van der Waals surface area contributed by atoms with Gasteiger partial charge < -0.3 is 14.7 Å². The monoisotopic (exact) mass is 274 g/mol. The molecule has 0 atom stereocenters. The van der Waals surface area contributed by atoms with Gasteiger partial charge in [0.1, 0.15) is 11.6 Å². The van der Waals surface area contributed by atoms with E-state index in [9.17, 15) is 17.6 Å². The van der Waals surface area contributed by atoms with Crippen molar-refractivity contribution in [1.82, 2.24) is 0 Å². The molecular formula is C11H7BF4O3. The summed E-state index contributed by atoms with van der Waals surface area (Å²) in [6, 6.07) is 5.13. The lowest BCUT2D eigenvalue weighted by atomic mass is 10.0. The van der Waals surface area contributed by atoms with Crippen molar-refractivity contribution in [2.75, 3.05) is 0 Å². The average Bonchev–Trinajstić information content (AvgIpc) is 2.26.